The van der Waals surface area contributed by atoms with Gasteiger partial charge in [-0.05, 0) is 33.1 Å². The maximum Gasteiger partial charge on any atom is 0.408 e. The second-order valence-electron chi connectivity index (χ2n) is 5.86. The molecule has 0 rings (SSSR count). The van der Waals surface area contributed by atoms with E-state index >= 15 is 0 Å². The van der Waals surface area contributed by atoms with Gasteiger partial charge in [-0.3, -0.25) is 0 Å². The van der Waals surface area contributed by atoms with Crippen molar-refractivity contribution in [1.29, 1.82) is 0 Å². The van der Waals surface area contributed by atoms with Crippen LogP contribution in [0.25, 0.3) is 0 Å². The van der Waals surface area contributed by atoms with Crippen LogP contribution in [0, 0.1) is 5.92 Å². The van der Waals surface area contributed by atoms with E-state index in [2.05, 4.69) is 19.2 Å². The molecule has 0 spiro atoms. The summed E-state index contributed by atoms with van der Waals surface area (Å²) >= 11 is 0. The highest BCUT2D eigenvalue weighted by Gasteiger charge is 2.23. The zero-order valence-corrected chi connectivity index (χ0v) is 11.9. The number of carbonyl (C=O) groups excluding carboxylic acids is 1. The lowest BCUT2D eigenvalue weighted by Crippen LogP contribution is -2.43. The Morgan fingerprint density at radius 1 is 1.22 bits per heavy atom. The lowest BCUT2D eigenvalue weighted by atomic mass is 10.0. The van der Waals surface area contributed by atoms with E-state index in [9.17, 15) is 9.59 Å². The van der Waals surface area contributed by atoms with E-state index in [0.717, 1.165) is 12.8 Å². The Balaban J connectivity index is 4.19. The summed E-state index contributed by atoms with van der Waals surface area (Å²) in [6.07, 6.45) is 1.45. The molecule has 0 aliphatic carbocycles. The Morgan fingerprint density at radius 2 is 1.78 bits per heavy atom. The third-order valence-corrected chi connectivity index (χ3v) is 2.26. The number of hydrogen-bond donors (Lipinski definition) is 2. The molecule has 0 heterocycles. The minimum atomic E-state index is -1.02. The molecular weight excluding hydrogens is 234 g/mol. The Labute approximate surface area is 109 Å². The van der Waals surface area contributed by atoms with Crippen molar-refractivity contribution < 1.29 is 19.4 Å². The predicted octanol–water partition coefficient (Wildman–Crippen LogP) is 2.79. The van der Waals surface area contributed by atoms with E-state index in [0.29, 0.717) is 12.3 Å². The van der Waals surface area contributed by atoms with Gasteiger partial charge in [0.25, 0.3) is 0 Å². The number of nitrogens with one attached hydrogen (secondary N) is 1. The normalized spacial score (nSPS) is 13.2. The number of amides is 1. The zero-order valence-electron chi connectivity index (χ0n) is 11.9. The Hall–Kier alpha value is -1.26. The number of ether oxygens (including phenoxy) is 1. The Bertz CT molecular complexity index is 281. The van der Waals surface area contributed by atoms with Gasteiger partial charge in [0.1, 0.15) is 11.6 Å². The van der Waals surface area contributed by atoms with Crippen LogP contribution in [0.15, 0.2) is 0 Å². The van der Waals surface area contributed by atoms with Gasteiger partial charge in [-0.15, -0.1) is 0 Å². The fourth-order valence-corrected chi connectivity index (χ4v) is 1.44. The van der Waals surface area contributed by atoms with Gasteiger partial charge in [-0.2, -0.15) is 0 Å². The molecule has 5 heteroatoms. The minimum Gasteiger partial charge on any atom is -0.480 e. The molecule has 0 unspecified atom stereocenters. The summed E-state index contributed by atoms with van der Waals surface area (Å²) < 4.78 is 5.03. The molecule has 0 aliphatic heterocycles. The average Bonchev–Trinajstić information content (AvgIpc) is 2.12. The van der Waals surface area contributed by atoms with Crippen LogP contribution in [-0.2, 0) is 9.53 Å². The number of carbonyl (C=O) groups is 2. The van der Waals surface area contributed by atoms with Crippen molar-refractivity contribution in [3.05, 3.63) is 0 Å². The van der Waals surface area contributed by atoms with Crippen molar-refractivity contribution in [2.75, 3.05) is 0 Å². The summed E-state index contributed by atoms with van der Waals surface area (Å²) in [7, 11) is 0. The van der Waals surface area contributed by atoms with Gasteiger partial charge in [0.05, 0.1) is 0 Å². The molecule has 106 valence electrons. The smallest absolute Gasteiger partial charge is 0.408 e. The van der Waals surface area contributed by atoms with Gasteiger partial charge in [0, 0.05) is 0 Å². The van der Waals surface area contributed by atoms with Crippen LogP contribution in [0.3, 0.4) is 0 Å². The van der Waals surface area contributed by atoms with Gasteiger partial charge in [-0.1, -0.05) is 26.7 Å². The maximum atomic E-state index is 11.5. The van der Waals surface area contributed by atoms with Gasteiger partial charge in [0.15, 0.2) is 0 Å². The number of alkyl carbamates (subject to hydrolysis) is 1. The van der Waals surface area contributed by atoms with Crippen molar-refractivity contribution >= 4 is 12.1 Å². The van der Waals surface area contributed by atoms with Crippen molar-refractivity contribution in [2.45, 2.75) is 65.5 Å². The SMILES string of the molecule is CC(C)CCC[C@H](NC(=O)OC(C)(C)C)C(=O)O. The molecular formula is C13H25NO4. The molecule has 0 bridgehead atoms. The zero-order chi connectivity index (χ0) is 14.3. The fraction of sp³-hybridized carbons (Fsp3) is 0.846. The molecule has 18 heavy (non-hydrogen) atoms. The molecule has 5 nitrogen and oxygen atoms in total. The Morgan fingerprint density at radius 3 is 2.17 bits per heavy atom. The van der Waals surface area contributed by atoms with Crippen molar-refractivity contribution in [3.63, 3.8) is 0 Å². The highest BCUT2D eigenvalue weighted by molar-refractivity contribution is 5.79. The van der Waals surface area contributed by atoms with E-state index < -0.39 is 23.7 Å². The predicted molar refractivity (Wildman–Crippen MR) is 69.5 cm³/mol. The third kappa shape index (κ3) is 8.84. The Kier molecular flexibility index (Phi) is 6.73. The molecule has 0 radical (unpaired) electrons. The lowest BCUT2D eigenvalue weighted by Gasteiger charge is -2.22. The number of hydrogen-bond acceptors (Lipinski definition) is 3. The summed E-state index contributed by atoms with van der Waals surface area (Å²) in [6.45, 7) is 9.37. The summed E-state index contributed by atoms with van der Waals surface area (Å²) in [5.74, 6) is -0.495. The fourth-order valence-electron chi connectivity index (χ4n) is 1.44. The van der Waals surface area contributed by atoms with Crippen LogP contribution in [0.5, 0.6) is 0 Å². The molecule has 1 atom stereocenters. The van der Waals surface area contributed by atoms with E-state index in [1.165, 1.54) is 0 Å². The highest BCUT2D eigenvalue weighted by Crippen LogP contribution is 2.10. The molecule has 0 saturated carbocycles. The molecule has 0 fully saturated rings. The minimum absolute atomic E-state index is 0.423. The lowest BCUT2D eigenvalue weighted by molar-refractivity contribution is -0.139. The first-order chi connectivity index (χ1) is 8.11. The largest absolute Gasteiger partial charge is 0.480 e. The van der Waals surface area contributed by atoms with Crippen molar-refractivity contribution in [2.24, 2.45) is 5.92 Å². The number of carboxylic acid groups (broad SMARTS) is 1. The average molecular weight is 259 g/mol. The van der Waals surface area contributed by atoms with E-state index in [1.807, 2.05) is 0 Å². The van der Waals surface area contributed by atoms with Crippen molar-refractivity contribution in [3.8, 4) is 0 Å². The molecule has 0 aromatic rings. The van der Waals surface area contributed by atoms with Gasteiger partial charge in [-0.25, -0.2) is 9.59 Å². The van der Waals surface area contributed by atoms with Crippen LogP contribution < -0.4 is 5.32 Å². The first kappa shape index (κ1) is 16.7. The molecule has 0 saturated heterocycles. The van der Waals surface area contributed by atoms with Crippen LogP contribution >= 0.6 is 0 Å². The van der Waals surface area contributed by atoms with Gasteiger partial charge >= 0.3 is 12.1 Å². The van der Waals surface area contributed by atoms with Gasteiger partial charge in [0.2, 0.25) is 0 Å². The number of aliphatic carboxylic acids is 1. The second-order valence-corrected chi connectivity index (χ2v) is 5.86. The first-order valence-corrected chi connectivity index (χ1v) is 6.34. The van der Waals surface area contributed by atoms with Crippen LogP contribution in [-0.4, -0.2) is 28.8 Å². The molecule has 0 aromatic carbocycles. The number of rotatable bonds is 6. The molecule has 0 aliphatic rings. The van der Waals surface area contributed by atoms with Crippen LogP contribution in [0.2, 0.25) is 0 Å². The number of carboxylic acids is 1. The second kappa shape index (κ2) is 7.24. The topological polar surface area (TPSA) is 75.6 Å². The highest BCUT2D eigenvalue weighted by atomic mass is 16.6. The van der Waals surface area contributed by atoms with E-state index in [1.54, 1.807) is 20.8 Å². The molecule has 2 N–H and O–H groups in total. The van der Waals surface area contributed by atoms with Crippen LogP contribution in [0.1, 0.15) is 53.9 Å². The molecule has 1 amide bonds. The summed E-state index contributed by atoms with van der Waals surface area (Å²) in [5.41, 5.74) is -0.620. The third-order valence-electron chi connectivity index (χ3n) is 2.26. The molecule has 0 aromatic heterocycles. The standard InChI is InChI=1S/C13H25NO4/c1-9(2)7-6-8-10(11(15)16)14-12(17)18-13(3,4)5/h9-10H,6-8H2,1-5H3,(H,14,17)(H,15,16)/t10-/m0/s1. The van der Waals surface area contributed by atoms with E-state index in [-0.39, 0.29) is 0 Å². The van der Waals surface area contributed by atoms with Gasteiger partial charge < -0.3 is 15.2 Å². The summed E-state index contributed by atoms with van der Waals surface area (Å²) in [4.78, 5) is 22.5. The quantitative estimate of drug-likeness (QED) is 0.769. The summed E-state index contributed by atoms with van der Waals surface area (Å²) in [6, 6.07) is -0.876. The maximum absolute atomic E-state index is 11.5. The summed E-state index contributed by atoms with van der Waals surface area (Å²) in [5, 5.41) is 11.4. The van der Waals surface area contributed by atoms with E-state index in [4.69, 9.17) is 9.84 Å². The first-order valence-electron chi connectivity index (χ1n) is 6.34. The monoisotopic (exact) mass is 259 g/mol. The van der Waals surface area contributed by atoms with Crippen molar-refractivity contribution in [1.82, 2.24) is 5.32 Å². The van der Waals surface area contributed by atoms with Crippen LogP contribution in [0.4, 0.5) is 4.79 Å².